The predicted molar refractivity (Wildman–Crippen MR) is 110 cm³/mol. The standard InChI is InChI=1S/C21H26N4O.ClH/c1-17-7-5-6-10-19(17)15-21-23-20(24-26-21)16-25(14-12-22)13-11-18-8-3-2-4-9-18;/h2-10H,11-16,22H2,1H3;1H. The number of halogens is 1. The highest BCUT2D eigenvalue weighted by atomic mass is 35.5. The van der Waals surface area contributed by atoms with Crippen LogP contribution in [0.15, 0.2) is 59.1 Å². The van der Waals surface area contributed by atoms with Crippen molar-refractivity contribution in [2.24, 2.45) is 5.73 Å². The molecule has 0 aliphatic heterocycles. The van der Waals surface area contributed by atoms with E-state index in [2.05, 4.69) is 58.4 Å². The molecule has 3 aromatic rings. The number of aromatic nitrogens is 2. The lowest BCUT2D eigenvalue weighted by molar-refractivity contribution is 0.264. The van der Waals surface area contributed by atoms with Crippen LogP contribution in [-0.4, -0.2) is 34.7 Å². The van der Waals surface area contributed by atoms with Gasteiger partial charge in [0.2, 0.25) is 5.89 Å². The Morgan fingerprint density at radius 1 is 1.00 bits per heavy atom. The van der Waals surface area contributed by atoms with E-state index in [4.69, 9.17) is 10.3 Å². The second kappa shape index (κ2) is 10.8. The molecule has 27 heavy (non-hydrogen) atoms. The number of aryl methyl sites for hydroxylation is 1. The van der Waals surface area contributed by atoms with Crippen molar-refractivity contribution in [3.63, 3.8) is 0 Å². The molecule has 5 nitrogen and oxygen atoms in total. The monoisotopic (exact) mass is 386 g/mol. The Balaban J connectivity index is 0.00000261. The maximum absolute atomic E-state index is 5.77. The third-order valence-corrected chi connectivity index (χ3v) is 4.48. The first-order valence-corrected chi connectivity index (χ1v) is 9.07. The van der Waals surface area contributed by atoms with Gasteiger partial charge in [0.1, 0.15) is 0 Å². The number of rotatable bonds is 9. The molecular weight excluding hydrogens is 360 g/mol. The highest BCUT2D eigenvalue weighted by molar-refractivity contribution is 5.85. The number of nitrogens with zero attached hydrogens (tertiary/aromatic N) is 3. The molecule has 0 amide bonds. The molecule has 1 heterocycles. The van der Waals surface area contributed by atoms with E-state index in [1.165, 1.54) is 16.7 Å². The van der Waals surface area contributed by atoms with Crippen molar-refractivity contribution in [2.75, 3.05) is 19.6 Å². The molecule has 2 aromatic carbocycles. The SMILES string of the molecule is Cc1ccccc1Cc1nc(CN(CCN)CCc2ccccc2)no1.Cl. The lowest BCUT2D eigenvalue weighted by atomic mass is 10.1. The molecule has 0 aliphatic rings. The summed E-state index contributed by atoms with van der Waals surface area (Å²) in [7, 11) is 0. The van der Waals surface area contributed by atoms with E-state index < -0.39 is 0 Å². The minimum absolute atomic E-state index is 0. The zero-order valence-electron chi connectivity index (χ0n) is 15.7. The number of nitrogens with two attached hydrogens (primary N) is 1. The first kappa shape index (κ1) is 21.1. The summed E-state index contributed by atoms with van der Waals surface area (Å²) in [5.41, 5.74) is 9.54. The summed E-state index contributed by atoms with van der Waals surface area (Å²) >= 11 is 0. The minimum atomic E-state index is 0. The Hall–Kier alpha value is -2.21. The number of benzene rings is 2. The largest absolute Gasteiger partial charge is 0.339 e. The van der Waals surface area contributed by atoms with Crippen molar-refractivity contribution in [3.05, 3.63) is 83.0 Å². The van der Waals surface area contributed by atoms with Crippen molar-refractivity contribution in [2.45, 2.75) is 26.3 Å². The summed E-state index contributed by atoms with van der Waals surface area (Å²) in [6.07, 6.45) is 1.65. The average molecular weight is 387 g/mol. The van der Waals surface area contributed by atoms with Crippen LogP contribution in [0.2, 0.25) is 0 Å². The van der Waals surface area contributed by atoms with Crippen LogP contribution in [0.1, 0.15) is 28.4 Å². The second-order valence-electron chi connectivity index (χ2n) is 6.51. The van der Waals surface area contributed by atoms with Gasteiger partial charge in [0.25, 0.3) is 0 Å². The lowest BCUT2D eigenvalue weighted by Gasteiger charge is -2.19. The van der Waals surface area contributed by atoms with E-state index in [1.54, 1.807) is 0 Å². The van der Waals surface area contributed by atoms with E-state index in [9.17, 15) is 0 Å². The molecule has 0 radical (unpaired) electrons. The van der Waals surface area contributed by atoms with Gasteiger partial charge in [-0.25, -0.2) is 0 Å². The Bertz CT molecular complexity index is 807. The summed E-state index contributed by atoms with van der Waals surface area (Å²) in [5, 5.41) is 4.15. The van der Waals surface area contributed by atoms with Crippen LogP contribution in [0, 0.1) is 6.92 Å². The number of hydrogen-bond donors (Lipinski definition) is 1. The van der Waals surface area contributed by atoms with Gasteiger partial charge in [-0.2, -0.15) is 4.98 Å². The van der Waals surface area contributed by atoms with E-state index in [-0.39, 0.29) is 12.4 Å². The van der Waals surface area contributed by atoms with Gasteiger partial charge in [0, 0.05) is 19.6 Å². The molecule has 0 atom stereocenters. The average Bonchev–Trinajstić information content (AvgIpc) is 3.10. The molecule has 0 fully saturated rings. The lowest BCUT2D eigenvalue weighted by Crippen LogP contribution is -2.31. The fraction of sp³-hybridized carbons (Fsp3) is 0.333. The molecule has 3 rings (SSSR count). The molecule has 0 spiro atoms. The quantitative estimate of drug-likeness (QED) is 0.610. The van der Waals surface area contributed by atoms with Gasteiger partial charge < -0.3 is 10.3 Å². The summed E-state index contributed by atoms with van der Waals surface area (Å²) in [6, 6.07) is 18.7. The third-order valence-electron chi connectivity index (χ3n) is 4.48. The van der Waals surface area contributed by atoms with E-state index in [1.807, 2.05) is 18.2 Å². The normalized spacial score (nSPS) is 10.8. The van der Waals surface area contributed by atoms with Gasteiger partial charge in [0.15, 0.2) is 5.82 Å². The maximum atomic E-state index is 5.77. The fourth-order valence-electron chi connectivity index (χ4n) is 2.98. The van der Waals surface area contributed by atoms with Crippen molar-refractivity contribution in [1.82, 2.24) is 15.0 Å². The van der Waals surface area contributed by atoms with Crippen molar-refractivity contribution >= 4 is 12.4 Å². The predicted octanol–water partition coefficient (Wildman–Crippen LogP) is 3.39. The topological polar surface area (TPSA) is 68.2 Å². The third kappa shape index (κ3) is 6.47. The van der Waals surface area contributed by atoms with Gasteiger partial charge in [-0.3, -0.25) is 4.90 Å². The minimum Gasteiger partial charge on any atom is -0.339 e. The Morgan fingerprint density at radius 2 is 1.74 bits per heavy atom. The molecule has 0 saturated carbocycles. The van der Waals surface area contributed by atoms with E-state index >= 15 is 0 Å². The zero-order chi connectivity index (χ0) is 18.2. The van der Waals surface area contributed by atoms with Gasteiger partial charge in [-0.05, 0) is 30.0 Å². The Morgan fingerprint density at radius 3 is 2.48 bits per heavy atom. The first-order valence-electron chi connectivity index (χ1n) is 9.07. The van der Waals surface area contributed by atoms with Crippen LogP contribution in [0.4, 0.5) is 0 Å². The van der Waals surface area contributed by atoms with Crippen LogP contribution in [0.5, 0.6) is 0 Å². The van der Waals surface area contributed by atoms with Crippen LogP contribution in [0.25, 0.3) is 0 Å². The molecule has 0 bridgehead atoms. The van der Waals surface area contributed by atoms with Crippen LogP contribution in [-0.2, 0) is 19.4 Å². The number of hydrogen-bond acceptors (Lipinski definition) is 5. The van der Waals surface area contributed by atoms with Gasteiger partial charge in [-0.15, -0.1) is 12.4 Å². The summed E-state index contributed by atoms with van der Waals surface area (Å²) < 4.78 is 5.45. The van der Waals surface area contributed by atoms with Crippen molar-refractivity contribution < 1.29 is 4.52 Å². The summed E-state index contributed by atoms with van der Waals surface area (Å²) in [4.78, 5) is 6.84. The van der Waals surface area contributed by atoms with E-state index in [0.717, 1.165) is 25.3 Å². The molecule has 0 unspecified atom stereocenters. The summed E-state index contributed by atoms with van der Waals surface area (Å²) in [5.74, 6) is 1.38. The van der Waals surface area contributed by atoms with Crippen molar-refractivity contribution in [1.29, 1.82) is 0 Å². The first-order chi connectivity index (χ1) is 12.7. The zero-order valence-corrected chi connectivity index (χ0v) is 16.5. The molecule has 6 heteroatoms. The van der Waals surface area contributed by atoms with Crippen LogP contribution in [0.3, 0.4) is 0 Å². The molecular formula is C21H27ClN4O. The van der Waals surface area contributed by atoms with E-state index in [0.29, 0.717) is 25.4 Å². The summed E-state index contributed by atoms with van der Waals surface area (Å²) in [6.45, 7) is 5.10. The highest BCUT2D eigenvalue weighted by Gasteiger charge is 2.12. The van der Waals surface area contributed by atoms with Gasteiger partial charge in [-0.1, -0.05) is 59.8 Å². The second-order valence-corrected chi connectivity index (χ2v) is 6.51. The van der Waals surface area contributed by atoms with Gasteiger partial charge in [0.05, 0.1) is 13.0 Å². The van der Waals surface area contributed by atoms with Crippen LogP contribution >= 0.6 is 12.4 Å². The molecule has 2 N–H and O–H groups in total. The molecule has 144 valence electrons. The Labute approximate surface area is 167 Å². The Kier molecular flexibility index (Phi) is 8.45. The molecule has 1 aromatic heterocycles. The van der Waals surface area contributed by atoms with Crippen molar-refractivity contribution in [3.8, 4) is 0 Å². The smallest absolute Gasteiger partial charge is 0.231 e. The van der Waals surface area contributed by atoms with Gasteiger partial charge >= 0.3 is 0 Å². The fourth-order valence-corrected chi connectivity index (χ4v) is 2.98. The molecule has 0 aliphatic carbocycles. The highest BCUT2D eigenvalue weighted by Crippen LogP contribution is 2.13. The maximum Gasteiger partial charge on any atom is 0.231 e. The van der Waals surface area contributed by atoms with Crippen LogP contribution < -0.4 is 5.73 Å². The molecule has 0 saturated heterocycles.